The summed E-state index contributed by atoms with van der Waals surface area (Å²) in [5.74, 6) is 1.08. The highest BCUT2D eigenvalue weighted by Crippen LogP contribution is 2.23. The second-order valence-electron chi connectivity index (χ2n) is 6.29. The topological polar surface area (TPSA) is 51.2 Å². The van der Waals surface area contributed by atoms with Gasteiger partial charge in [-0.1, -0.05) is 19.9 Å². The number of ether oxygens (including phenoxy) is 1. The zero-order valence-corrected chi connectivity index (χ0v) is 14.0. The molecule has 1 heterocycles. The maximum atomic E-state index is 12.1. The zero-order chi connectivity index (χ0) is 15.9. The van der Waals surface area contributed by atoms with Crippen LogP contribution in [0.1, 0.15) is 57.9 Å². The molecule has 1 fully saturated rings. The Bertz CT molecular complexity index is 460. The van der Waals surface area contributed by atoms with Gasteiger partial charge in [0.1, 0.15) is 6.10 Å². The molecule has 2 rings (SSSR count). The van der Waals surface area contributed by atoms with Crippen molar-refractivity contribution >= 4 is 5.91 Å². The van der Waals surface area contributed by atoms with Crippen LogP contribution in [0, 0.1) is 12.8 Å². The molecule has 0 spiro atoms. The Morgan fingerprint density at radius 3 is 2.50 bits per heavy atom. The van der Waals surface area contributed by atoms with Crippen molar-refractivity contribution in [3.8, 4) is 5.88 Å². The minimum Gasteiger partial charge on any atom is -0.474 e. The SMILES string of the molecule is CCC(CC)C(=O)NC1CCC(Oc2ccc(C)cn2)CC1. The van der Waals surface area contributed by atoms with Gasteiger partial charge in [0.2, 0.25) is 11.8 Å². The highest BCUT2D eigenvalue weighted by molar-refractivity contribution is 5.78. The maximum Gasteiger partial charge on any atom is 0.223 e. The summed E-state index contributed by atoms with van der Waals surface area (Å²) in [6.07, 6.45) is 7.81. The average Bonchev–Trinajstić information content (AvgIpc) is 2.53. The number of nitrogens with zero attached hydrogens (tertiary/aromatic N) is 1. The molecule has 0 atom stereocenters. The maximum absolute atomic E-state index is 12.1. The number of hydrogen-bond donors (Lipinski definition) is 1. The minimum atomic E-state index is 0.158. The molecule has 0 unspecified atom stereocenters. The molecule has 1 aromatic heterocycles. The van der Waals surface area contributed by atoms with Crippen molar-refractivity contribution in [2.24, 2.45) is 5.92 Å². The van der Waals surface area contributed by atoms with Gasteiger partial charge in [-0.2, -0.15) is 0 Å². The molecule has 1 N–H and O–H groups in total. The van der Waals surface area contributed by atoms with Gasteiger partial charge in [0, 0.05) is 24.2 Å². The zero-order valence-electron chi connectivity index (χ0n) is 14.0. The molecule has 0 aliphatic heterocycles. The summed E-state index contributed by atoms with van der Waals surface area (Å²) in [4.78, 5) is 16.4. The molecular weight excluding hydrogens is 276 g/mol. The van der Waals surface area contributed by atoms with Gasteiger partial charge in [-0.05, 0) is 51.0 Å². The molecular formula is C18H28N2O2. The number of carbonyl (C=O) groups is 1. The lowest BCUT2D eigenvalue weighted by Crippen LogP contribution is -2.42. The molecule has 0 bridgehead atoms. The van der Waals surface area contributed by atoms with Crippen molar-refractivity contribution in [3.63, 3.8) is 0 Å². The Kier molecular flexibility index (Phi) is 6.22. The van der Waals surface area contributed by atoms with Gasteiger partial charge < -0.3 is 10.1 Å². The lowest BCUT2D eigenvalue weighted by molar-refractivity contribution is -0.126. The van der Waals surface area contributed by atoms with Crippen molar-refractivity contribution in [2.75, 3.05) is 0 Å². The molecule has 1 amide bonds. The number of amides is 1. The summed E-state index contributed by atoms with van der Waals surface area (Å²) < 4.78 is 5.93. The first-order chi connectivity index (χ1) is 10.6. The molecule has 0 aromatic carbocycles. The Morgan fingerprint density at radius 2 is 1.95 bits per heavy atom. The normalized spacial score (nSPS) is 21.6. The third-order valence-corrected chi connectivity index (χ3v) is 4.55. The van der Waals surface area contributed by atoms with Crippen molar-refractivity contribution in [2.45, 2.75) is 71.4 Å². The summed E-state index contributed by atoms with van der Waals surface area (Å²) >= 11 is 0. The highest BCUT2D eigenvalue weighted by Gasteiger charge is 2.25. The smallest absolute Gasteiger partial charge is 0.223 e. The van der Waals surface area contributed by atoms with Crippen molar-refractivity contribution < 1.29 is 9.53 Å². The van der Waals surface area contributed by atoms with Gasteiger partial charge in [0.15, 0.2) is 0 Å². The van der Waals surface area contributed by atoms with Crippen LogP contribution in [0.5, 0.6) is 5.88 Å². The largest absolute Gasteiger partial charge is 0.474 e. The molecule has 1 aliphatic carbocycles. The van der Waals surface area contributed by atoms with Gasteiger partial charge in [0.25, 0.3) is 0 Å². The molecule has 4 nitrogen and oxygen atoms in total. The van der Waals surface area contributed by atoms with Crippen LogP contribution in [0.2, 0.25) is 0 Å². The third kappa shape index (κ3) is 4.72. The first-order valence-corrected chi connectivity index (χ1v) is 8.52. The van der Waals surface area contributed by atoms with E-state index in [-0.39, 0.29) is 17.9 Å². The van der Waals surface area contributed by atoms with Crippen LogP contribution in [-0.2, 0) is 4.79 Å². The Hall–Kier alpha value is -1.58. The van der Waals surface area contributed by atoms with E-state index in [1.54, 1.807) is 0 Å². The van der Waals surface area contributed by atoms with Crippen LogP contribution in [0.4, 0.5) is 0 Å². The highest BCUT2D eigenvalue weighted by atomic mass is 16.5. The molecule has 0 radical (unpaired) electrons. The second-order valence-corrected chi connectivity index (χ2v) is 6.29. The summed E-state index contributed by atoms with van der Waals surface area (Å²) in [6, 6.07) is 4.25. The van der Waals surface area contributed by atoms with Crippen LogP contribution >= 0.6 is 0 Å². The van der Waals surface area contributed by atoms with Crippen LogP contribution < -0.4 is 10.1 Å². The Morgan fingerprint density at radius 1 is 1.27 bits per heavy atom. The minimum absolute atomic E-state index is 0.158. The van der Waals surface area contributed by atoms with Gasteiger partial charge >= 0.3 is 0 Å². The Balaban J connectivity index is 1.75. The molecule has 0 saturated heterocycles. The molecule has 1 saturated carbocycles. The van der Waals surface area contributed by atoms with E-state index in [1.165, 1.54) is 0 Å². The van der Waals surface area contributed by atoms with Gasteiger partial charge in [-0.15, -0.1) is 0 Å². The number of carbonyl (C=O) groups excluding carboxylic acids is 1. The average molecular weight is 304 g/mol. The van der Waals surface area contributed by atoms with Crippen molar-refractivity contribution in [1.82, 2.24) is 10.3 Å². The van der Waals surface area contributed by atoms with Gasteiger partial charge in [-0.3, -0.25) is 4.79 Å². The number of aromatic nitrogens is 1. The van der Waals surface area contributed by atoms with Crippen molar-refractivity contribution in [3.05, 3.63) is 23.9 Å². The van der Waals surface area contributed by atoms with Gasteiger partial charge in [0.05, 0.1) is 0 Å². The lowest BCUT2D eigenvalue weighted by atomic mass is 9.92. The first kappa shape index (κ1) is 16.8. The van der Waals surface area contributed by atoms with E-state index >= 15 is 0 Å². The predicted octanol–water partition coefficient (Wildman–Crippen LogP) is 3.63. The number of hydrogen-bond acceptors (Lipinski definition) is 3. The molecule has 1 aliphatic rings. The van der Waals surface area contributed by atoms with E-state index in [4.69, 9.17) is 4.74 Å². The monoisotopic (exact) mass is 304 g/mol. The Labute approximate surface area is 133 Å². The van der Waals surface area contributed by atoms with E-state index in [2.05, 4.69) is 24.1 Å². The number of rotatable bonds is 6. The molecule has 1 aromatic rings. The fourth-order valence-corrected chi connectivity index (χ4v) is 3.00. The first-order valence-electron chi connectivity index (χ1n) is 8.52. The summed E-state index contributed by atoms with van der Waals surface area (Å²) in [5.41, 5.74) is 1.14. The lowest BCUT2D eigenvalue weighted by Gasteiger charge is -2.30. The van der Waals surface area contributed by atoms with Gasteiger partial charge in [-0.25, -0.2) is 4.98 Å². The van der Waals surface area contributed by atoms with E-state index in [1.807, 2.05) is 25.3 Å². The van der Waals surface area contributed by atoms with Crippen LogP contribution in [0.15, 0.2) is 18.3 Å². The number of nitrogens with one attached hydrogen (secondary N) is 1. The summed E-state index contributed by atoms with van der Waals surface area (Å²) in [7, 11) is 0. The van der Waals surface area contributed by atoms with Crippen LogP contribution in [0.3, 0.4) is 0 Å². The van der Waals surface area contributed by atoms with E-state index in [9.17, 15) is 4.79 Å². The predicted molar refractivity (Wildman–Crippen MR) is 87.9 cm³/mol. The van der Waals surface area contributed by atoms with E-state index in [0.29, 0.717) is 11.9 Å². The van der Waals surface area contributed by atoms with E-state index in [0.717, 1.165) is 44.1 Å². The second kappa shape index (κ2) is 8.16. The summed E-state index contributed by atoms with van der Waals surface area (Å²) in [6.45, 7) is 6.17. The number of pyridine rings is 1. The van der Waals surface area contributed by atoms with E-state index < -0.39 is 0 Å². The van der Waals surface area contributed by atoms with Crippen molar-refractivity contribution in [1.29, 1.82) is 0 Å². The quantitative estimate of drug-likeness (QED) is 0.873. The standard InChI is InChI=1S/C18H28N2O2/c1-4-14(5-2)18(21)20-15-7-9-16(10-8-15)22-17-11-6-13(3)12-19-17/h6,11-12,14-16H,4-5,7-10H2,1-3H3,(H,20,21). The molecule has 122 valence electrons. The molecule has 4 heteroatoms. The number of aryl methyl sites for hydroxylation is 1. The molecule has 22 heavy (non-hydrogen) atoms. The van der Waals surface area contributed by atoms with Crippen LogP contribution in [0.25, 0.3) is 0 Å². The summed E-state index contributed by atoms with van der Waals surface area (Å²) in [5, 5.41) is 3.20. The fraction of sp³-hybridized carbons (Fsp3) is 0.667. The van der Waals surface area contributed by atoms with Crippen LogP contribution in [-0.4, -0.2) is 23.0 Å². The third-order valence-electron chi connectivity index (χ3n) is 4.55. The fourth-order valence-electron chi connectivity index (χ4n) is 3.00.